The van der Waals surface area contributed by atoms with Crippen LogP contribution in [0.5, 0.6) is 11.5 Å². The summed E-state index contributed by atoms with van der Waals surface area (Å²) in [5, 5.41) is 3.43. The summed E-state index contributed by atoms with van der Waals surface area (Å²) in [7, 11) is 1.69. The lowest BCUT2D eigenvalue weighted by Crippen LogP contribution is -2.09. The number of ether oxygens (including phenoxy) is 2. The largest absolute Gasteiger partial charge is 0.495 e. The molecule has 2 aromatic rings. The number of benzene rings is 2. The van der Waals surface area contributed by atoms with Crippen LogP contribution >= 0.6 is 0 Å². The van der Waals surface area contributed by atoms with E-state index in [0.29, 0.717) is 6.54 Å². The van der Waals surface area contributed by atoms with Gasteiger partial charge in [-0.25, -0.2) is 0 Å². The molecule has 0 aliphatic carbocycles. The third kappa shape index (κ3) is 4.15. The summed E-state index contributed by atoms with van der Waals surface area (Å²) in [5.41, 5.74) is 3.33. The molecule has 2 aromatic carbocycles. The van der Waals surface area contributed by atoms with Crippen LogP contribution in [-0.2, 0) is 6.54 Å². The van der Waals surface area contributed by atoms with Gasteiger partial charge in [-0.15, -0.1) is 0 Å². The minimum absolute atomic E-state index is 0.166. The summed E-state index contributed by atoms with van der Waals surface area (Å²) in [6.45, 7) is 6.84. The third-order valence-electron chi connectivity index (χ3n) is 3.16. The Morgan fingerprint density at radius 2 is 1.81 bits per heavy atom. The highest BCUT2D eigenvalue weighted by Crippen LogP contribution is 2.27. The molecule has 0 aliphatic rings. The van der Waals surface area contributed by atoms with Gasteiger partial charge in [0.15, 0.2) is 0 Å². The fourth-order valence-electron chi connectivity index (χ4n) is 2.17. The van der Waals surface area contributed by atoms with E-state index in [4.69, 9.17) is 9.47 Å². The molecule has 3 nitrogen and oxygen atoms in total. The summed E-state index contributed by atoms with van der Waals surface area (Å²) in [6.07, 6.45) is 0.166. The molecule has 0 radical (unpaired) electrons. The number of hydrogen-bond acceptors (Lipinski definition) is 3. The minimum Gasteiger partial charge on any atom is -0.495 e. The molecule has 0 aromatic heterocycles. The van der Waals surface area contributed by atoms with Crippen LogP contribution < -0.4 is 14.8 Å². The van der Waals surface area contributed by atoms with Crippen molar-refractivity contribution in [2.75, 3.05) is 12.4 Å². The number of aryl methyl sites for hydroxylation is 1. The van der Waals surface area contributed by atoms with Gasteiger partial charge in [0.2, 0.25) is 0 Å². The molecule has 112 valence electrons. The Balaban J connectivity index is 2.15. The molecule has 0 saturated heterocycles. The maximum absolute atomic E-state index is 5.84. The van der Waals surface area contributed by atoms with E-state index in [1.54, 1.807) is 7.11 Å². The van der Waals surface area contributed by atoms with Gasteiger partial charge in [-0.05, 0) is 44.5 Å². The Hall–Kier alpha value is -2.16. The normalized spacial score (nSPS) is 10.5. The lowest BCUT2D eigenvalue weighted by atomic mass is 10.1. The second-order valence-corrected chi connectivity index (χ2v) is 5.33. The number of para-hydroxylation sites is 1. The van der Waals surface area contributed by atoms with Gasteiger partial charge in [-0.3, -0.25) is 0 Å². The highest BCUT2D eigenvalue weighted by Gasteiger charge is 2.07. The van der Waals surface area contributed by atoms with Crippen molar-refractivity contribution in [2.24, 2.45) is 0 Å². The summed E-state index contributed by atoms with van der Waals surface area (Å²) in [6, 6.07) is 14.2. The number of nitrogens with one attached hydrogen (secondary N) is 1. The monoisotopic (exact) mass is 285 g/mol. The highest BCUT2D eigenvalue weighted by atomic mass is 16.5. The van der Waals surface area contributed by atoms with E-state index in [1.165, 1.54) is 5.56 Å². The van der Waals surface area contributed by atoms with Gasteiger partial charge in [0.1, 0.15) is 11.5 Å². The molecule has 21 heavy (non-hydrogen) atoms. The summed E-state index contributed by atoms with van der Waals surface area (Å²) in [4.78, 5) is 0. The average molecular weight is 285 g/mol. The smallest absolute Gasteiger partial charge is 0.141 e. The van der Waals surface area contributed by atoms with Crippen LogP contribution in [0.15, 0.2) is 42.5 Å². The maximum atomic E-state index is 5.84. The zero-order chi connectivity index (χ0) is 15.2. The highest BCUT2D eigenvalue weighted by molar-refractivity contribution is 5.58. The van der Waals surface area contributed by atoms with Crippen molar-refractivity contribution in [1.29, 1.82) is 0 Å². The van der Waals surface area contributed by atoms with Crippen molar-refractivity contribution in [3.05, 3.63) is 53.6 Å². The number of anilines is 1. The fraction of sp³-hybridized carbons (Fsp3) is 0.333. The van der Waals surface area contributed by atoms with Crippen molar-refractivity contribution in [3.63, 3.8) is 0 Å². The van der Waals surface area contributed by atoms with E-state index >= 15 is 0 Å². The molecule has 1 N–H and O–H groups in total. The first-order chi connectivity index (χ1) is 10.1. The van der Waals surface area contributed by atoms with Crippen LogP contribution in [0.1, 0.15) is 25.0 Å². The Kier molecular flexibility index (Phi) is 5.09. The fourth-order valence-corrected chi connectivity index (χ4v) is 2.17. The van der Waals surface area contributed by atoms with E-state index in [9.17, 15) is 0 Å². The molecule has 0 atom stereocenters. The Morgan fingerprint density at radius 3 is 2.52 bits per heavy atom. The van der Waals surface area contributed by atoms with Crippen LogP contribution in [0.25, 0.3) is 0 Å². The Morgan fingerprint density at radius 1 is 1.05 bits per heavy atom. The Bertz CT molecular complexity index is 594. The second kappa shape index (κ2) is 7.02. The lowest BCUT2D eigenvalue weighted by molar-refractivity contribution is 0.240. The molecule has 2 rings (SSSR count). The number of hydrogen-bond donors (Lipinski definition) is 1. The molecule has 0 saturated carbocycles. The summed E-state index contributed by atoms with van der Waals surface area (Å²) < 4.78 is 11.2. The standard InChI is InChI=1S/C18H23NO2/c1-13(2)21-17-8-6-5-7-15(17)12-19-16-11-14(3)9-10-18(16)20-4/h5-11,13,19H,12H2,1-4H3. The van der Waals surface area contributed by atoms with Crippen LogP contribution in [0.2, 0.25) is 0 Å². The van der Waals surface area contributed by atoms with E-state index in [2.05, 4.69) is 24.4 Å². The van der Waals surface area contributed by atoms with Crippen molar-refractivity contribution < 1.29 is 9.47 Å². The quantitative estimate of drug-likeness (QED) is 0.853. The number of rotatable bonds is 6. The van der Waals surface area contributed by atoms with E-state index in [0.717, 1.165) is 22.7 Å². The van der Waals surface area contributed by atoms with Crippen molar-refractivity contribution in [3.8, 4) is 11.5 Å². The van der Waals surface area contributed by atoms with Crippen molar-refractivity contribution in [2.45, 2.75) is 33.4 Å². The van der Waals surface area contributed by atoms with E-state index in [1.807, 2.05) is 44.2 Å². The van der Waals surface area contributed by atoms with Gasteiger partial charge >= 0.3 is 0 Å². The van der Waals surface area contributed by atoms with Gasteiger partial charge in [-0.1, -0.05) is 24.3 Å². The van der Waals surface area contributed by atoms with Crippen molar-refractivity contribution >= 4 is 5.69 Å². The number of methoxy groups -OCH3 is 1. The SMILES string of the molecule is COc1ccc(C)cc1NCc1ccccc1OC(C)C. The molecule has 0 amide bonds. The molecule has 0 bridgehead atoms. The van der Waals surface area contributed by atoms with Gasteiger partial charge < -0.3 is 14.8 Å². The van der Waals surface area contributed by atoms with E-state index < -0.39 is 0 Å². The molecule has 0 spiro atoms. The topological polar surface area (TPSA) is 30.5 Å². The summed E-state index contributed by atoms with van der Waals surface area (Å²) in [5.74, 6) is 1.77. The molecule has 3 heteroatoms. The van der Waals surface area contributed by atoms with Crippen LogP contribution in [0, 0.1) is 6.92 Å². The first-order valence-corrected chi connectivity index (χ1v) is 7.23. The molecule has 0 heterocycles. The van der Waals surface area contributed by atoms with Crippen LogP contribution in [0.4, 0.5) is 5.69 Å². The molecule has 0 unspecified atom stereocenters. The minimum atomic E-state index is 0.166. The Labute approximate surface area is 126 Å². The molecule has 0 aliphatic heterocycles. The predicted octanol–water partition coefficient (Wildman–Crippen LogP) is 4.40. The second-order valence-electron chi connectivity index (χ2n) is 5.33. The predicted molar refractivity (Wildman–Crippen MR) is 87.3 cm³/mol. The maximum Gasteiger partial charge on any atom is 0.141 e. The zero-order valence-electron chi connectivity index (χ0n) is 13.1. The zero-order valence-corrected chi connectivity index (χ0v) is 13.1. The van der Waals surface area contributed by atoms with Gasteiger partial charge in [0.05, 0.1) is 18.9 Å². The third-order valence-corrected chi connectivity index (χ3v) is 3.16. The van der Waals surface area contributed by atoms with Crippen molar-refractivity contribution in [1.82, 2.24) is 0 Å². The average Bonchev–Trinajstić information content (AvgIpc) is 2.46. The van der Waals surface area contributed by atoms with Crippen LogP contribution in [-0.4, -0.2) is 13.2 Å². The van der Waals surface area contributed by atoms with Gasteiger partial charge in [0, 0.05) is 12.1 Å². The first-order valence-electron chi connectivity index (χ1n) is 7.23. The molecule has 0 fully saturated rings. The lowest BCUT2D eigenvalue weighted by Gasteiger charge is -2.16. The molecular formula is C18H23NO2. The van der Waals surface area contributed by atoms with Crippen LogP contribution in [0.3, 0.4) is 0 Å². The van der Waals surface area contributed by atoms with E-state index in [-0.39, 0.29) is 6.10 Å². The summed E-state index contributed by atoms with van der Waals surface area (Å²) >= 11 is 0. The molecular weight excluding hydrogens is 262 g/mol. The van der Waals surface area contributed by atoms with Gasteiger partial charge in [0.25, 0.3) is 0 Å². The first kappa shape index (κ1) is 15.2. The van der Waals surface area contributed by atoms with Gasteiger partial charge in [-0.2, -0.15) is 0 Å².